The Morgan fingerprint density at radius 1 is 1.07 bits per heavy atom. The van der Waals surface area contributed by atoms with Crippen LogP contribution in [0.1, 0.15) is 33.5 Å². The minimum Gasteiger partial charge on any atom is -0.618 e. The van der Waals surface area contributed by atoms with Gasteiger partial charge in [-0.05, 0) is 25.1 Å². The summed E-state index contributed by atoms with van der Waals surface area (Å²) in [7, 11) is 1.16. The van der Waals surface area contributed by atoms with E-state index in [1.807, 2.05) is 0 Å². The standard InChI is InChI=1S/C20H18N2O6/c1-3-27-17-11-7-4-8-13(17)19(23)28-12-15-18(20(24)26-2)22(25)16-10-6-5-9-14(16)21-15/h4-11H,3,12H2,1-2H3. The molecule has 2 aromatic carbocycles. The molecule has 144 valence electrons. The third-order valence-corrected chi connectivity index (χ3v) is 3.96. The summed E-state index contributed by atoms with van der Waals surface area (Å²) in [5, 5.41) is 12.6. The Hall–Kier alpha value is -3.68. The molecule has 0 spiro atoms. The van der Waals surface area contributed by atoms with Crippen molar-refractivity contribution in [3.63, 3.8) is 0 Å². The third kappa shape index (κ3) is 3.71. The van der Waals surface area contributed by atoms with Gasteiger partial charge in [0.05, 0.1) is 13.7 Å². The van der Waals surface area contributed by atoms with Crippen LogP contribution in [0.15, 0.2) is 48.5 Å². The van der Waals surface area contributed by atoms with Crippen molar-refractivity contribution in [3.05, 3.63) is 70.7 Å². The zero-order valence-electron chi connectivity index (χ0n) is 15.4. The second-order valence-corrected chi connectivity index (χ2v) is 5.69. The number of benzene rings is 2. The van der Waals surface area contributed by atoms with Gasteiger partial charge in [-0.1, -0.05) is 24.3 Å². The van der Waals surface area contributed by atoms with E-state index in [2.05, 4.69) is 9.72 Å². The molecule has 0 unspecified atom stereocenters. The lowest BCUT2D eigenvalue weighted by molar-refractivity contribution is -0.581. The molecule has 0 saturated heterocycles. The van der Waals surface area contributed by atoms with E-state index < -0.39 is 11.9 Å². The second kappa shape index (κ2) is 8.34. The molecule has 0 amide bonds. The number of nitrogens with zero attached hydrogens (tertiary/aromatic N) is 2. The van der Waals surface area contributed by atoms with Crippen LogP contribution in [0.5, 0.6) is 5.75 Å². The number of rotatable bonds is 6. The molecule has 0 radical (unpaired) electrons. The Kier molecular flexibility index (Phi) is 5.69. The zero-order chi connectivity index (χ0) is 20.1. The van der Waals surface area contributed by atoms with Crippen LogP contribution in [0, 0.1) is 5.21 Å². The lowest BCUT2D eigenvalue weighted by Crippen LogP contribution is -2.38. The van der Waals surface area contributed by atoms with E-state index in [-0.39, 0.29) is 29.1 Å². The topological polar surface area (TPSA) is 102 Å². The average molecular weight is 382 g/mol. The fraction of sp³-hybridized carbons (Fsp3) is 0.200. The van der Waals surface area contributed by atoms with Crippen molar-refractivity contribution in [2.24, 2.45) is 0 Å². The maximum atomic E-state index is 12.6. The first-order chi connectivity index (χ1) is 13.6. The van der Waals surface area contributed by atoms with Gasteiger partial charge in [-0.15, -0.1) is 0 Å². The summed E-state index contributed by atoms with van der Waals surface area (Å²) in [6.07, 6.45) is 0. The summed E-state index contributed by atoms with van der Waals surface area (Å²) < 4.78 is 15.8. The lowest BCUT2D eigenvalue weighted by Gasteiger charge is -2.12. The quantitative estimate of drug-likeness (QED) is 0.366. The highest BCUT2D eigenvalue weighted by molar-refractivity contribution is 5.93. The van der Waals surface area contributed by atoms with Crippen molar-refractivity contribution >= 4 is 23.0 Å². The predicted octanol–water partition coefficient (Wildman–Crippen LogP) is 2.41. The SMILES string of the molecule is CCOc1ccccc1C(=O)OCc1nc2ccccc2[n+]([O-])c1C(=O)OC. The molecule has 0 bridgehead atoms. The average Bonchev–Trinajstić information content (AvgIpc) is 2.72. The summed E-state index contributed by atoms with van der Waals surface area (Å²) in [6.45, 7) is 1.81. The smallest absolute Gasteiger partial charge is 0.406 e. The second-order valence-electron chi connectivity index (χ2n) is 5.69. The number of hydrogen-bond acceptors (Lipinski definition) is 7. The van der Waals surface area contributed by atoms with Gasteiger partial charge >= 0.3 is 17.6 Å². The van der Waals surface area contributed by atoms with Crippen LogP contribution in [-0.4, -0.2) is 30.6 Å². The number of carbonyl (C=O) groups is 2. The van der Waals surface area contributed by atoms with Crippen molar-refractivity contribution in [1.82, 2.24) is 4.98 Å². The van der Waals surface area contributed by atoms with Gasteiger partial charge in [0.1, 0.15) is 23.4 Å². The van der Waals surface area contributed by atoms with Gasteiger partial charge in [0.2, 0.25) is 5.52 Å². The number of hydrogen-bond donors (Lipinski definition) is 0. The lowest BCUT2D eigenvalue weighted by atomic mass is 10.2. The molecule has 0 fully saturated rings. The number of aromatic nitrogens is 2. The van der Waals surface area contributed by atoms with Crippen molar-refractivity contribution in [2.45, 2.75) is 13.5 Å². The number of ether oxygens (including phenoxy) is 3. The van der Waals surface area contributed by atoms with Gasteiger partial charge < -0.3 is 19.4 Å². The first-order valence-electron chi connectivity index (χ1n) is 8.55. The number of esters is 2. The summed E-state index contributed by atoms with van der Waals surface area (Å²) in [5.41, 5.74) is 0.486. The van der Waals surface area contributed by atoms with Gasteiger partial charge in [0.25, 0.3) is 0 Å². The summed E-state index contributed by atoms with van der Waals surface area (Å²) in [6, 6.07) is 13.2. The number of fused-ring (bicyclic) bond motifs is 1. The number of carbonyl (C=O) groups excluding carboxylic acids is 2. The van der Waals surface area contributed by atoms with Gasteiger partial charge in [-0.2, -0.15) is 4.73 Å². The highest BCUT2D eigenvalue weighted by atomic mass is 16.5. The first kappa shape index (κ1) is 19.1. The molecule has 3 aromatic rings. The molecule has 8 heteroatoms. The van der Waals surface area contributed by atoms with Crippen LogP contribution in [0.25, 0.3) is 11.0 Å². The fourth-order valence-electron chi connectivity index (χ4n) is 2.69. The Labute approximate surface area is 160 Å². The summed E-state index contributed by atoms with van der Waals surface area (Å²) >= 11 is 0. The van der Waals surface area contributed by atoms with Crippen LogP contribution in [-0.2, 0) is 16.1 Å². The van der Waals surface area contributed by atoms with E-state index >= 15 is 0 Å². The van der Waals surface area contributed by atoms with E-state index in [0.717, 1.165) is 7.11 Å². The van der Waals surface area contributed by atoms with Crippen LogP contribution in [0.2, 0.25) is 0 Å². The van der Waals surface area contributed by atoms with Crippen LogP contribution in [0.3, 0.4) is 0 Å². The molecule has 0 N–H and O–H groups in total. The molecule has 0 aliphatic rings. The largest absolute Gasteiger partial charge is 0.618 e. The van der Waals surface area contributed by atoms with Gasteiger partial charge in [0.15, 0.2) is 5.69 Å². The molecular weight excluding hydrogens is 364 g/mol. The summed E-state index contributed by atoms with van der Waals surface area (Å²) in [4.78, 5) is 28.9. The van der Waals surface area contributed by atoms with Crippen molar-refractivity contribution in [2.75, 3.05) is 13.7 Å². The molecule has 0 aliphatic heterocycles. The van der Waals surface area contributed by atoms with E-state index in [9.17, 15) is 14.8 Å². The highest BCUT2D eigenvalue weighted by Gasteiger charge is 2.28. The molecule has 8 nitrogen and oxygen atoms in total. The third-order valence-electron chi connectivity index (χ3n) is 3.96. The van der Waals surface area contributed by atoms with Gasteiger partial charge in [-0.25, -0.2) is 14.6 Å². The van der Waals surface area contributed by atoms with Crippen LogP contribution in [0.4, 0.5) is 0 Å². The van der Waals surface area contributed by atoms with Crippen molar-refractivity contribution in [1.29, 1.82) is 0 Å². The van der Waals surface area contributed by atoms with E-state index in [1.165, 1.54) is 6.07 Å². The highest BCUT2D eigenvalue weighted by Crippen LogP contribution is 2.20. The molecule has 1 heterocycles. The van der Waals surface area contributed by atoms with Gasteiger partial charge in [0, 0.05) is 6.07 Å². The Balaban J connectivity index is 1.94. The maximum Gasteiger partial charge on any atom is 0.406 e. The number of methoxy groups -OCH3 is 1. The monoisotopic (exact) mass is 382 g/mol. The van der Waals surface area contributed by atoms with Crippen LogP contribution < -0.4 is 9.47 Å². The van der Waals surface area contributed by atoms with E-state index in [0.29, 0.717) is 22.6 Å². The molecule has 3 rings (SSSR count). The predicted molar refractivity (Wildman–Crippen MR) is 98.8 cm³/mol. The Bertz CT molecular complexity index is 1030. The first-order valence-corrected chi connectivity index (χ1v) is 8.55. The van der Waals surface area contributed by atoms with E-state index in [1.54, 1.807) is 49.4 Å². The Morgan fingerprint density at radius 3 is 2.54 bits per heavy atom. The molecule has 0 atom stereocenters. The maximum absolute atomic E-state index is 12.6. The molecule has 28 heavy (non-hydrogen) atoms. The summed E-state index contributed by atoms with van der Waals surface area (Å²) in [5.74, 6) is -1.14. The van der Waals surface area contributed by atoms with E-state index in [4.69, 9.17) is 9.47 Å². The minimum absolute atomic E-state index is 0.00258. The molecule has 0 aliphatic carbocycles. The number of para-hydroxylation sites is 3. The van der Waals surface area contributed by atoms with Crippen molar-refractivity contribution < 1.29 is 28.5 Å². The zero-order valence-corrected chi connectivity index (χ0v) is 15.4. The molecular formula is C20H18N2O6. The Morgan fingerprint density at radius 2 is 1.79 bits per heavy atom. The van der Waals surface area contributed by atoms with Gasteiger partial charge in [-0.3, -0.25) is 0 Å². The molecule has 0 saturated carbocycles. The fourth-order valence-corrected chi connectivity index (χ4v) is 2.69. The minimum atomic E-state index is -0.867. The molecule has 1 aromatic heterocycles. The normalized spacial score (nSPS) is 10.5. The van der Waals surface area contributed by atoms with Crippen LogP contribution >= 0.6 is 0 Å². The van der Waals surface area contributed by atoms with Crippen molar-refractivity contribution in [3.8, 4) is 5.75 Å².